The molecule has 0 saturated heterocycles. The second kappa shape index (κ2) is 8.93. The van der Waals surface area contributed by atoms with Crippen LogP contribution in [0.2, 0.25) is 0 Å². The number of nitrogens with zero attached hydrogens (tertiary/aromatic N) is 3. The van der Waals surface area contributed by atoms with Crippen molar-refractivity contribution in [2.24, 2.45) is 29.1 Å². The third-order valence-corrected chi connectivity index (χ3v) is 12.9. The van der Waals surface area contributed by atoms with Crippen molar-refractivity contribution < 1.29 is 8.83 Å². The van der Waals surface area contributed by atoms with Gasteiger partial charge in [-0.25, -0.2) is 9.97 Å². The van der Waals surface area contributed by atoms with Crippen LogP contribution in [-0.2, 0) is 0 Å². The molecule has 0 aliphatic heterocycles. The molecule has 0 amide bonds. The lowest BCUT2D eigenvalue weighted by Crippen LogP contribution is -2.82. The van der Waals surface area contributed by atoms with Gasteiger partial charge in [0, 0.05) is 63.1 Å². The van der Waals surface area contributed by atoms with E-state index in [0.29, 0.717) is 11.4 Å². The Labute approximate surface area is 276 Å². The molecule has 4 heterocycles. The molecule has 4 aliphatic carbocycles. The van der Waals surface area contributed by atoms with Gasteiger partial charge in [0.15, 0.2) is 0 Å². The molecule has 4 fully saturated rings. The number of rotatable bonds is 5. The van der Waals surface area contributed by atoms with Gasteiger partial charge in [0.2, 0.25) is 11.4 Å². The van der Waals surface area contributed by atoms with Crippen molar-refractivity contribution in [2.75, 3.05) is 4.90 Å². The van der Waals surface area contributed by atoms with Gasteiger partial charge in [-0.05, 0) is 132 Å². The van der Waals surface area contributed by atoms with Crippen molar-refractivity contribution in [2.45, 2.75) is 25.2 Å². The molecule has 1 spiro atoms. The first-order valence-electron chi connectivity index (χ1n) is 17.3. The fraction of sp³-hybridized carbons (Fsp3) is 0.209. The van der Waals surface area contributed by atoms with Gasteiger partial charge < -0.3 is 13.7 Å². The quantitative estimate of drug-likeness (QED) is 0.191. The fourth-order valence-corrected chi connectivity index (χ4v) is 10.9. The van der Waals surface area contributed by atoms with Crippen LogP contribution < -0.4 is 4.90 Å². The molecule has 5 heteroatoms. The van der Waals surface area contributed by atoms with E-state index in [1.54, 1.807) is 18.0 Å². The summed E-state index contributed by atoms with van der Waals surface area (Å²) >= 11 is 0. The van der Waals surface area contributed by atoms with Gasteiger partial charge in [-0.1, -0.05) is 36.4 Å². The van der Waals surface area contributed by atoms with Gasteiger partial charge in [-0.15, -0.1) is 0 Å². The average molecular weight is 622 g/mol. The maximum absolute atomic E-state index is 6.22. The minimum atomic E-state index is 0.649. The predicted octanol–water partition coefficient (Wildman–Crippen LogP) is 11.2. The van der Waals surface area contributed by atoms with E-state index in [1.807, 2.05) is 12.1 Å². The molecule has 4 saturated carbocycles. The Kier molecular flexibility index (Phi) is 4.77. The highest BCUT2D eigenvalue weighted by Crippen LogP contribution is 2.91. The van der Waals surface area contributed by atoms with E-state index in [1.165, 1.54) is 30.4 Å². The number of hydrogen-bond acceptors (Lipinski definition) is 5. The summed E-state index contributed by atoms with van der Waals surface area (Å²) in [6, 6.07) is 39.2. The zero-order valence-electron chi connectivity index (χ0n) is 26.2. The Morgan fingerprint density at radius 1 is 0.542 bits per heavy atom. The number of fused-ring (bicyclic) bond motifs is 6. The highest BCUT2D eigenvalue weighted by Gasteiger charge is 2.84. The van der Waals surface area contributed by atoms with E-state index in [4.69, 9.17) is 8.83 Å². The molecule has 0 radical (unpaired) electrons. The Bertz CT molecular complexity index is 2460. The SMILES string of the molecule is c1cnc2oc3cc(N(c4ccc(-c5ccc(C6C7CC8CC9CC6C897)cc5)cc4)c4ccc5c(c4)oc4ncccc45)ccc3c2c1. The fourth-order valence-electron chi connectivity index (χ4n) is 10.9. The monoisotopic (exact) mass is 621 g/mol. The van der Waals surface area contributed by atoms with Gasteiger partial charge in [0.25, 0.3) is 0 Å². The minimum Gasteiger partial charge on any atom is -0.438 e. The highest BCUT2D eigenvalue weighted by molar-refractivity contribution is 6.06. The second-order valence-electron chi connectivity index (χ2n) is 14.6. The third kappa shape index (κ3) is 3.13. The number of hydrogen-bond donors (Lipinski definition) is 0. The van der Waals surface area contributed by atoms with Crippen LogP contribution >= 0.6 is 0 Å². The number of aromatic nitrogens is 2. The lowest BCUT2D eigenvalue weighted by atomic mass is 9.15. The van der Waals surface area contributed by atoms with E-state index in [9.17, 15) is 0 Å². The molecule has 4 aliphatic rings. The van der Waals surface area contributed by atoms with E-state index in [0.717, 1.165) is 84.8 Å². The zero-order chi connectivity index (χ0) is 31.1. The lowest BCUT2D eigenvalue weighted by molar-refractivity contribution is -0.390. The molecule has 0 N–H and O–H groups in total. The van der Waals surface area contributed by atoms with E-state index < -0.39 is 0 Å². The molecule has 230 valence electrons. The van der Waals surface area contributed by atoms with Crippen molar-refractivity contribution in [1.29, 1.82) is 0 Å². The van der Waals surface area contributed by atoms with Gasteiger partial charge in [0.05, 0.1) is 0 Å². The first-order valence-corrected chi connectivity index (χ1v) is 17.3. The maximum atomic E-state index is 6.22. The van der Waals surface area contributed by atoms with E-state index >= 15 is 0 Å². The lowest BCUT2D eigenvalue weighted by Gasteiger charge is -2.89. The van der Waals surface area contributed by atoms with Crippen LogP contribution in [0.15, 0.2) is 130 Å². The number of furan rings is 2. The standard InChI is InChI=1S/C43H31N3O2/c1-3-34-32-15-13-30(22-38(32)47-41(34)44-17-1)46(31-14-16-33-35-4-2-18-45-42(35)48-39(33)23-31)29-11-9-25(10-12-29)24-5-7-26(8-6-24)40-36-20-27-19-28-21-37(40)43(27,28)36/h1-18,22-23,27-28,36-37,40H,19-21H2. The van der Waals surface area contributed by atoms with Gasteiger partial charge in [-0.2, -0.15) is 0 Å². The topological polar surface area (TPSA) is 55.3 Å². The molecule has 4 unspecified atom stereocenters. The summed E-state index contributed by atoms with van der Waals surface area (Å²) in [7, 11) is 0. The molecular weight excluding hydrogens is 590 g/mol. The van der Waals surface area contributed by atoms with Crippen LogP contribution in [0.1, 0.15) is 30.7 Å². The van der Waals surface area contributed by atoms with Crippen molar-refractivity contribution >= 4 is 61.2 Å². The molecule has 8 aromatic rings. The summed E-state index contributed by atoms with van der Waals surface area (Å²) < 4.78 is 12.4. The normalized spacial score (nSPS) is 26.4. The summed E-state index contributed by atoms with van der Waals surface area (Å²) in [5.74, 6) is 4.91. The first-order chi connectivity index (χ1) is 23.7. The summed E-state index contributed by atoms with van der Waals surface area (Å²) in [5, 5.41) is 4.15. The number of pyridine rings is 2. The zero-order valence-corrected chi connectivity index (χ0v) is 26.2. The van der Waals surface area contributed by atoms with Crippen LogP contribution in [0.3, 0.4) is 0 Å². The molecule has 12 rings (SSSR count). The summed E-state index contributed by atoms with van der Waals surface area (Å²) in [6.45, 7) is 0. The van der Waals surface area contributed by atoms with Gasteiger partial charge >= 0.3 is 0 Å². The van der Waals surface area contributed by atoms with Crippen LogP contribution in [0.4, 0.5) is 17.1 Å². The molecular formula is C43H31N3O2. The summed E-state index contributed by atoms with van der Waals surface area (Å²) in [5.41, 5.74) is 10.8. The summed E-state index contributed by atoms with van der Waals surface area (Å²) in [6.07, 6.45) is 8.04. The number of anilines is 3. The Balaban J connectivity index is 0.921. The van der Waals surface area contributed by atoms with E-state index in [-0.39, 0.29) is 0 Å². The molecule has 4 aromatic carbocycles. The van der Waals surface area contributed by atoms with Crippen LogP contribution in [0.5, 0.6) is 0 Å². The van der Waals surface area contributed by atoms with Crippen LogP contribution in [-0.4, -0.2) is 9.97 Å². The maximum Gasteiger partial charge on any atom is 0.227 e. The highest BCUT2D eigenvalue weighted by atomic mass is 16.3. The Morgan fingerprint density at radius 3 is 1.60 bits per heavy atom. The number of benzene rings is 4. The molecule has 5 nitrogen and oxygen atoms in total. The molecule has 0 bridgehead atoms. The average Bonchev–Trinajstić information content (AvgIpc) is 3.65. The molecule has 48 heavy (non-hydrogen) atoms. The predicted molar refractivity (Wildman–Crippen MR) is 190 cm³/mol. The smallest absolute Gasteiger partial charge is 0.227 e. The minimum absolute atomic E-state index is 0.649. The Hall–Kier alpha value is -5.42. The van der Waals surface area contributed by atoms with Crippen LogP contribution in [0, 0.1) is 29.1 Å². The first kappa shape index (κ1) is 25.6. The second-order valence-corrected chi connectivity index (χ2v) is 14.6. The van der Waals surface area contributed by atoms with Crippen LogP contribution in [0.25, 0.3) is 55.3 Å². The van der Waals surface area contributed by atoms with Gasteiger partial charge in [-0.3, -0.25) is 0 Å². The van der Waals surface area contributed by atoms with Crippen molar-refractivity contribution in [3.8, 4) is 11.1 Å². The molecule has 4 atom stereocenters. The third-order valence-electron chi connectivity index (χ3n) is 12.9. The largest absolute Gasteiger partial charge is 0.438 e. The molecule has 4 aromatic heterocycles. The van der Waals surface area contributed by atoms with Gasteiger partial charge in [0.1, 0.15) is 11.2 Å². The Morgan fingerprint density at radius 2 is 1.06 bits per heavy atom. The van der Waals surface area contributed by atoms with Crippen molar-refractivity contribution in [3.05, 3.63) is 127 Å². The van der Waals surface area contributed by atoms with E-state index in [2.05, 4.69) is 112 Å². The summed E-state index contributed by atoms with van der Waals surface area (Å²) in [4.78, 5) is 11.2. The van der Waals surface area contributed by atoms with Crippen molar-refractivity contribution in [3.63, 3.8) is 0 Å². The van der Waals surface area contributed by atoms with Crippen molar-refractivity contribution in [1.82, 2.24) is 9.97 Å².